The maximum atomic E-state index is 4.54. The van der Waals surface area contributed by atoms with Crippen LogP contribution in [-0.4, -0.2) is 32.8 Å². The lowest BCUT2D eigenvalue weighted by molar-refractivity contribution is 0.166. The Kier molecular flexibility index (Phi) is 4.57. The second kappa shape index (κ2) is 6.61. The smallest absolute Gasteiger partial charge is 0.0641 e. The first-order valence-electron chi connectivity index (χ1n) is 8.24. The molecular formula is C18H26N4. The van der Waals surface area contributed by atoms with Gasteiger partial charge < -0.3 is 0 Å². The minimum absolute atomic E-state index is 0.746. The topological polar surface area (TPSA) is 34.0 Å². The number of aryl methyl sites for hydroxylation is 2. The van der Waals surface area contributed by atoms with E-state index in [9.17, 15) is 0 Å². The lowest BCUT2D eigenvalue weighted by atomic mass is 9.91. The zero-order valence-electron chi connectivity index (χ0n) is 13.9. The summed E-state index contributed by atoms with van der Waals surface area (Å²) in [5.74, 6) is 0.746. The molecule has 4 heteroatoms. The van der Waals surface area contributed by atoms with E-state index in [0.717, 1.165) is 18.9 Å². The summed E-state index contributed by atoms with van der Waals surface area (Å²) >= 11 is 0. The van der Waals surface area contributed by atoms with Gasteiger partial charge in [0.05, 0.1) is 5.69 Å². The van der Waals surface area contributed by atoms with Crippen molar-refractivity contribution in [1.82, 2.24) is 19.7 Å². The number of piperidine rings is 1. The molecule has 0 radical (unpaired) electrons. The van der Waals surface area contributed by atoms with Crippen molar-refractivity contribution in [2.24, 2.45) is 13.0 Å². The zero-order valence-corrected chi connectivity index (χ0v) is 13.9. The summed E-state index contributed by atoms with van der Waals surface area (Å²) in [5.41, 5.74) is 5.24. The van der Waals surface area contributed by atoms with Crippen molar-refractivity contribution >= 4 is 0 Å². The molecule has 3 heterocycles. The molecule has 0 N–H and O–H groups in total. The standard InChI is InChI=1S/C18H26N4/c1-14-18(15(2)21(3)20-14)13-22-9-5-7-17(12-22)10-16-6-4-8-19-11-16/h4,6,8,11,17H,5,7,9-10,12-13H2,1-3H3. The van der Waals surface area contributed by atoms with Crippen LogP contribution in [0.5, 0.6) is 0 Å². The van der Waals surface area contributed by atoms with Gasteiger partial charge in [-0.25, -0.2) is 0 Å². The van der Waals surface area contributed by atoms with Crippen LogP contribution in [0, 0.1) is 19.8 Å². The van der Waals surface area contributed by atoms with E-state index in [2.05, 4.69) is 34.9 Å². The summed E-state index contributed by atoms with van der Waals surface area (Å²) in [6.07, 6.45) is 7.63. The van der Waals surface area contributed by atoms with Crippen molar-refractivity contribution in [2.45, 2.75) is 39.7 Å². The normalized spacial score (nSPS) is 19.5. The molecule has 2 aromatic heterocycles. The Hall–Kier alpha value is -1.68. The van der Waals surface area contributed by atoms with Crippen LogP contribution in [0.3, 0.4) is 0 Å². The van der Waals surface area contributed by atoms with Gasteiger partial charge in [-0.1, -0.05) is 6.07 Å². The monoisotopic (exact) mass is 298 g/mol. The lowest BCUT2D eigenvalue weighted by Crippen LogP contribution is -2.36. The number of nitrogens with zero attached hydrogens (tertiary/aromatic N) is 4. The molecule has 0 spiro atoms. The second-order valence-electron chi connectivity index (χ2n) is 6.58. The van der Waals surface area contributed by atoms with Gasteiger partial charge in [0.2, 0.25) is 0 Å². The van der Waals surface area contributed by atoms with E-state index < -0.39 is 0 Å². The van der Waals surface area contributed by atoms with Crippen molar-refractivity contribution in [3.8, 4) is 0 Å². The molecule has 1 fully saturated rings. The van der Waals surface area contributed by atoms with E-state index in [1.165, 1.54) is 48.4 Å². The Bertz CT molecular complexity index is 618. The molecule has 0 aromatic carbocycles. The molecule has 0 saturated carbocycles. The summed E-state index contributed by atoms with van der Waals surface area (Å²) in [5, 5.41) is 4.54. The van der Waals surface area contributed by atoms with Gasteiger partial charge in [-0.3, -0.25) is 14.6 Å². The van der Waals surface area contributed by atoms with Gasteiger partial charge in [-0.2, -0.15) is 5.10 Å². The van der Waals surface area contributed by atoms with Gasteiger partial charge in [0.25, 0.3) is 0 Å². The second-order valence-corrected chi connectivity index (χ2v) is 6.58. The minimum Gasteiger partial charge on any atom is -0.299 e. The maximum absolute atomic E-state index is 4.54. The van der Waals surface area contributed by atoms with Crippen LogP contribution in [0.4, 0.5) is 0 Å². The van der Waals surface area contributed by atoms with E-state index in [0.29, 0.717) is 0 Å². The summed E-state index contributed by atoms with van der Waals surface area (Å²) < 4.78 is 2.00. The van der Waals surface area contributed by atoms with Gasteiger partial charge in [0.15, 0.2) is 0 Å². The van der Waals surface area contributed by atoms with Crippen molar-refractivity contribution in [1.29, 1.82) is 0 Å². The van der Waals surface area contributed by atoms with Crippen LogP contribution in [0.1, 0.15) is 35.4 Å². The molecule has 1 saturated heterocycles. The highest BCUT2D eigenvalue weighted by molar-refractivity contribution is 5.24. The first kappa shape index (κ1) is 15.2. The van der Waals surface area contributed by atoms with Crippen molar-refractivity contribution in [3.05, 3.63) is 47.0 Å². The number of likely N-dealkylation sites (tertiary alicyclic amines) is 1. The van der Waals surface area contributed by atoms with Crippen molar-refractivity contribution < 1.29 is 0 Å². The SMILES string of the molecule is Cc1nn(C)c(C)c1CN1CCCC(Cc2cccnc2)C1. The molecule has 0 bridgehead atoms. The lowest BCUT2D eigenvalue weighted by Gasteiger charge is -2.33. The molecule has 0 amide bonds. The number of hydrogen-bond donors (Lipinski definition) is 0. The predicted octanol–water partition coefficient (Wildman–Crippen LogP) is 2.89. The first-order chi connectivity index (χ1) is 10.6. The van der Waals surface area contributed by atoms with E-state index >= 15 is 0 Å². The minimum atomic E-state index is 0.746. The third-order valence-corrected chi connectivity index (χ3v) is 4.89. The summed E-state index contributed by atoms with van der Waals surface area (Å²) in [6, 6.07) is 4.24. The Labute approximate surface area is 133 Å². The molecule has 3 rings (SSSR count). The molecular weight excluding hydrogens is 272 g/mol. The fourth-order valence-corrected chi connectivity index (χ4v) is 3.58. The van der Waals surface area contributed by atoms with Crippen LogP contribution in [0.25, 0.3) is 0 Å². The Morgan fingerprint density at radius 1 is 1.32 bits per heavy atom. The zero-order chi connectivity index (χ0) is 15.5. The van der Waals surface area contributed by atoms with Crippen LogP contribution in [0.2, 0.25) is 0 Å². The average molecular weight is 298 g/mol. The van der Waals surface area contributed by atoms with Crippen LogP contribution >= 0.6 is 0 Å². The number of rotatable bonds is 4. The molecule has 4 nitrogen and oxygen atoms in total. The molecule has 2 aromatic rings. The van der Waals surface area contributed by atoms with Gasteiger partial charge >= 0.3 is 0 Å². The first-order valence-corrected chi connectivity index (χ1v) is 8.24. The largest absolute Gasteiger partial charge is 0.299 e. The fraction of sp³-hybridized carbons (Fsp3) is 0.556. The van der Waals surface area contributed by atoms with Crippen molar-refractivity contribution in [2.75, 3.05) is 13.1 Å². The van der Waals surface area contributed by atoms with Crippen LogP contribution in [-0.2, 0) is 20.0 Å². The number of pyridine rings is 1. The van der Waals surface area contributed by atoms with Crippen molar-refractivity contribution in [3.63, 3.8) is 0 Å². The highest BCUT2D eigenvalue weighted by Crippen LogP contribution is 2.23. The summed E-state index contributed by atoms with van der Waals surface area (Å²) in [6.45, 7) is 7.72. The molecule has 1 unspecified atom stereocenters. The third-order valence-electron chi connectivity index (χ3n) is 4.89. The predicted molar refractivity (Wildman–Crippen MR) is 88.6 cm³/mol. The third kappa shape index (κ3) is 3.38. The summed E-state index contributed by atoms with van der Waals surface area (Å²) in [4.78, 5) is 6.84. The highest BCUT2D eigenvalue weighted by atomic mass is 15.3. The number of hydrogen-bond acceptors (Lipinski definition) is 3. The molecule has 22 heavy (non-hydrogen) atoms. The van der Waals surface area contributed by atoms with Gasteiger partial charge in [-0.15, -0.1) is 0 Å². The molecule has 0 aliphatic carbocycles. The van der Waals surface area contributed by atoms with E-state index in [-0.39, 0.29) is 0 Å². The fourth-order valence-electron chi connectivity index (χ4n) is 3.58. The van der Waals surface area contributed by atoms with E-state index in [1.807, 2.05) is 30.2 Å². The Morgan fingerprint density at radius 2 is 2.18 bits per heavy atom. The Balaban J connectivity index is 1.63. The highest BCUT2D eigenvalue weighted by Gasteiger charge is 2.22. The van der Waals surface area contributed by atoms with Gasteiger partial charge in [0, 0.05) is 43.8 Å². The van der Waals surface area contributed by atoms with Crippen LogP contribution < -0.4 is 0 Å². The van der Waals surface area contributed by atoms with Gasteiger partial charge in [0.1, 0.15) is 0 Å². The van der Waals surface area contributed by atoms with Crippen LogP contribution in [0.15, 0.2) is 24.5 Å². The van der Waals surface area contributed by atoms with E-state index in [4.69, 9.17) is 0 Å². The number of aromatic nitrogens is 3. The molecule has 1 aliphatic rings. The molecule has 1 atom stereocenters. The molecule has 118 valence electrons. The summed E-state index contributed by atoms with van der Waals surface area (Å²) in [7, 11) is 2.03. The average Bonchev–Trinajstić information content (AvgIpc) is 2.75. The Morgan fingerprint density at radius 3 is 2.86 bits per heavy atom. The van der Waals surface area contributed by atoms with Gasteiger partial charge in [-0.05, 0) is 57.2 Å². The maximum Gasteiger partial charge on any atom is 0.0641 e. The molecule has 1 aliphatic heterocycles. The quantitative estimate of drug-likeness (QED) is 0.870. The van der Waals surface area contributed by atoms with E-state index in [1.54, 1.807) is 0 Å².